The summed E-state index contributed by atoms with van der Waals surface area (Å²) in [6.45, 7) is 37.4. The summed E-state index contributed by atoms with van der Waals surface area (Å²) in [5, 5.41) is 0.711. The monoisotopic (exact) mass is 1560 g/mol. The van der Waals surface area contributed by atoms with Crippen LogP contribution in [0, 0.1) is 11.8 Å². The Balaban J connectivity index is 0.000000329. The maximum Gasteiger partial charge on any atom is 0.387 e. The Morgan fingerprint density at radius 1 is 0.423 bits per heavy atom. The number of benzene rings is 8. The van der Waals surface area contributed by atoms with E-state index in [9.17, 15) is 18.4 Å². The third kappa shape index (κ3) is 43.4. The third-order valence-corrected chi connectivity index (χ3v) is 14.4. The van der Waals surface area contributed by atoms with Crippen LogP contribution in [0.2, 0.25) is 5.02 Å². The number of fused-ring (bicyclic) bond motifs is 1. The van der Waals surface area contributed by atoms with Gasteiger partial charge in [0.25, 0.3) is 0 Å². The number of hydrogen-bond acceptors (Lipinski definition) is 17. The highest BCUT2D eigenvalue weighted by Gasteiger charge is 2.24. The van der Waals surface area contributed by atoms with Crippen molar-refractivity contribution in [1.29, 1.82) is 0 Å². The van der Waals surface area contributed by atoms with Gasteiger partial charge in [-0.05, 0) is 262 Å². The zero-order valence-electron chi connectivity index (χ0n) is 68.1. The van der Waals surface area contributed by atoms with Crippen LogP contribution in [0.5, 0.6) is 74.7 Å². The zero-order chi connectivity index (χ0) is 81.1. The first kappa shape index (κ1) is 95.5. The normalized spacial score (nSPS) is 12.0. The van der Waals surface area contributed by atoms with Crippen molar-refractivity contribution >= 4 is 23.5 Å². The molecule has 2 saturated carbocycles. The van der Waals surface area contributed by atoms with Crippen molar-refractivity contribution in [2.24, 2.45) is 11.8 Å². The average molecular weight is 1560 g/mol. The summed E-state index contributed by atoms with van der Waals surface area (Å²) in [7, 11) is 1.36. The van der Waals surface area contributed by atoms with Gasteiger partial charge in [0, 0.05) is 35.4 Å². The Morgan fingerprint density at radius 3 is 1.25 bits per heavy atom. The second kappa shape index (κ2) is 52.4. The van der Waals surface area contributed by atoms with Gasteiger partial charge in [-0.25, -0.2) is 9.59 Å². The lowest BCUT2D eigenvalue weighted by atomic mass is 9.97. The molecule has 2 aliphatic carbocycles. The van der Waals surface area contributed by atoms with Gasteiger partial charge < -0.3 is 71.1 Å². The van der Waals surface area contributed by atoms with Crippen LogP contribution in [-0.4, -0.2) is 101 Å². The highest BCUT2D eigenvalue weighted by Crippen LogP contribution is 2.36. The lowest BCUT2D eigenvalue weighted by Gasteiger charge is -2.12. The molecule has 8 aromatic rings. The fourth-order valence-electron chi connectivity index (χ4n) is 9.34. The molecule has 0 aromatic heterocycles. The fourth-order valence-corrected chi connectivity index (χ4v) is 9.52. The van der Waals surface area contributed by atoms with Gasteiger partial charge in [-0.3, -0.25) is 0 Å². The minimum atomic E-state index is -2.80. The van der Waals surface area contributed by atoms with Crippen molar-refractivity contribution in [1.82, 2.24) is 0 Å². The molecule has 111 heavy (non-hydrogen) atoms. The highest BCUT2D eigenvalue weighted by atomic mass is 35.5. The van der Waals surface area contributed by atoms with Crippen LogP contribution < -0.4 is 61.6 Å². The van der Waals surface area contributed by atoms with E-state index in [0.717, 1.165) is 87.9 Å². The summed E-state index contributed by atoms with van der Waals surface area (Å²) in [4.78, 5) is 22.6. The molecule has 11 rings (SSSR count). The number of alkyl halides is 2. The number of rotatable bonds is 28. The van der Waals surface area contributed by atoms with Crippen molar-refractivity contribution < 1.29 is 89.4 Å². The van der Waals surface area contributed by atoms with E-state index in [-0.39, 0.29) is 67.8 Å². The van der Waals surface area contributed by atoms with E-state index in [1.165, 1.54) is 44.9 Å². The topological polar surface area (TPSA) is 173 Å². The van der Waals surface area contributed by atoms with Crippen molar-refractivity contribution in [3.63, 3.8) is 0 Å². The summed E-state index contributed by atoms with van der Waals surface area (Å²) < 4.78 is 103. The lowest BCUT2D eigenvalue weighted by molar-refractivity contribution is -0.0499. The number of esters is 2. The molecule has 0 spiro atoms. The van der Waals surface area contributed by atoms with E-state index >= 15 is 0 Å². The lowest BCUT2D eigenvalue weighted by Crippen LogP contribution is -2.08. The van der Waals surface area contributed by atoms with Gasteiger partial charge in [-0.1, -0.05) is 95.3 Å². The largest absolute Gasteiger partial charge is 0.493 e. The SMILES string of the molecule is C.CC(C)COc1cccc(OC(C)C)c1.CC(C)Oc1ccc2c(c1)OCO2.CC(C)Oc1cccc(Cl)c1.CC(C)Oc1cccc(OC(F)F)c1.CC(C)Oc1cccc(OC2CC2)c1.CC(C)Oc1cccc(OCC2CC2)c1.CCOC(=O)c1ccccc1C(C)C.COC(=O)c1ccc(OC(C)C)cc1. The van der Waals surface area contributed by atoms with Crippen LogP contribution >= 0.6 is 11.6 Å². The predicted molar refractivity (Wildman–Crippen MR) is 440 cm³/mol. The third-order valence-electron chi connectivity index (χ3n) is 14.1. The average Bonchev–Trinajstić information content (AvgIpc) is 1.51. The van der Waals surface area contributed by atoms with Gasteiger partial charge in [-0.2, -0.15) is 8.78 Å². The molecule has 1 heterocycles. The molecule has 0 amide bonds. The number of carbonyl (C=O) groups is 2. The van der Waals surface area contributed by atoms with E-state index in [1.807, 2.05) is 243 Å². The van der Waals surface area contributed by atoms with Crippen molar-refractivity contribution in [2.75, 3.05) is 33.7 Å². The summed E-state index contributed by atoms with van der Waals surface area (Å²) in [6, 6.07) is 57.2. The maximum atomic E-state index is 11.9. The van der Waals surface area contributed by atoms with E-state index in [2.05, 4.69) is 37.2 Å². The molecular formula is C91H123ClF2O17. The Kier molecular flexibility index (Phi) is 45.1. The predicted octanol–water partition coefficient (Wildman–Crippen LogP) is 24.1. The molecule has 0 unspecified atom stereocenters. The zero-order valence-corrected chi connectivity index (χ0v) is 68.8. The first-order valence-electron chi connectivity index (χ1n) is 37.9. The number of halogens is 3. The molecule has 0 bridgehead atoms. The van der Waals surface area contributed by atoms with Gasteiger partial charge in [0.05, 0.1) is 86.9 Å². The molecule has 610 valence electrons. The van der Waals surface area contributed by atoms with Gasteiger partial charge in [0.1, 0.15) is 63.2 Å². The maximum absolute atomic E-state index is 11.9. The second-order valence-electron chi connectivity index (χ2n) is 28.2. The summed E-state index contributed by atoms with van der Waals surface area (Å²) in [5.41, 5.74) is 2.26. The van der Waals surface area contributed by atoms with Crippen LogP contribution in [0.15, 0.2) is 188 Å². The number of hydrogen-bond donors (Lipinski definition) is 0. The standard InChI is InChI=1S/C13H18O2.C13H20O2.2C12H16O2.C11H14O3.C10H12F2O2.C10H12O3.C9H11ClO.CH4/c1-10(2)15-13-5-3-4-12(8-13)14-9-11-6-7-11;1-10(2)9-14-12-6-5-7-13(8-12)15-11(3)4;1-9(2)13-11-4-3-5-12(8-11)14-10-6-7-10;1-4-14-12(13)11-8-6-5-7-10(11)9(2)3;1-8(2)14-10-6-4-9(5-7-10)11(12)13-3;1-7(2)13-8-4-3-5-9(6-8)14-10(11)12;1-7(2)13-8-3-4-9-10(5-8)12-6-11-9;1-7(2)11-9-5-3-4-8(10)6-9;/h3-5,8,10-11H,6-7,9H2,1-2H3;5-8,10-11H,9H2,1-4H3;3-5,8-10H,6-7H2,1-2H3;5-9H,4H2,1-3H3;4-8H,1-3H3;3-7,10H,1-2H3;3-5,7H,6H2,1-2H3;3-7H,1-2H3;1H4. The molecule has 0 saturated heterocycles. The molecule has 17 nitrogen and oxygen atoms in total. The van der Waals surface area contributed by atoms with Crippen LogP contribution in [0.1, 0.15) is 197 Å². The van der Waals surface area contributed by atoms with Gasteiger partial charge in [0.15, 0.2) is 11.5 Å². The van der Waals surface area contributed by atoms with Crippen molar-refractivity contribution in [2.45, 2.75) is 226 Å². The first-order chi connectivity index (χ1) is 52.4. The summed E-state index contributed by atoms with van der Waals surface area (Å²) >= 11 is 5.75. The Hall–Kier alpha value is -9.75. The molecule has 3 aliphatic rings. The van der Waals surface area contributed by atoms with Crippen LogP contribution in [0.4, 0.5) is 8.78 Å². The molecule has 20 heteroatoms. The van der Waals surface area contributed by atoms with E-state index < -0.39 is 6.61 Å². The molecule has 2 fully saturated rings. The van der Waals surface area contributed by atoms with Crippen molar-refractivity contribution in [3.05, 3.63) is 210 Å². The molecular weight excluding hydrogens is 1440 g/mol. The quantitative estimate of drug-likeness (QED) is 0.0423. The van der Waals surface area contributed by atoms with Gasteiger partial charge >= 0.3 is 18.6 Å². The smallest absolute Gasteiger partial charge is 0.387 e. The van der Waals surface area contributed by atoms with Crippen LogP contribution in [-0.2, 0) is 9.47 Å². The number of methoxy groups -OCH3 is 1. The fraction of sp³-hybridized carbons (Fsp3) is 0.451. The van der Waals surface area contributed by atoms with Gasteiger partial charge in [-0.15, -0.1) is 0 Å². The molecule has 1 aliphatic heterocycles. The van der Waals surface area contributed by atoms with Crippen LogP contribution in [0.25, 0.3) is 0 Å². The van der Waals surface area contributed by atoms with Crippen LogP contribution in [0.3, 0.4) is 0 Å². The minimum Gasteiger partial charge on any atom is -0.493 e. The van der Waals surface area contributed by atoms with E-state index in [4.69, 9.17) is 73.2 Å². The molecule has 0 atom stereocenters. The van der Waals surface area contributed by atoms with E-state index in [1.54, 1.807) is 36.4 Å². The Morgan fingerprint density at radius 2 is 0.820 bits per heavy atom. The van der Waals surface area contributed by atoms with E-state index in [0.29, 0.717) is 53.2 Å². The highest BCUT2D eigenvalue weighted by molar-refractivity contribution is 6.30. The molecule has 0 N–H and O–H groups in total. The van der Waals surface area contributed by atoms with Gasteiger partial charge in [0.2, 0.25) is 6.79 Å². The molecule has 0 radical (unpaired) electrons. The Labute approximate surface area is 665 Å². The first-order valence-corrected chi connectivity index (χ1v) is 38.3. The summed E-state index contributed by atoms with van der Waals surface area (Å²) in [6.07, 6.45) is 6.63. The Bertz CT molecular complexity index is 3700. The second-order valence-corrected chi connectivity index (χ2v) is 28.6. The summed E-state index contributed by atoms with van der Waals surface area (Å²) in [5.74, 6) is 11.1. The number of carbonyl (C=O) groups excluding carboxylic acids is 2. The minimum absolute atomic E-state index is 0. The molecule has 8 aromatic carbocycles. The van der Waals surface area contributed by atoms with Crippen molar-refractivity contribution in [3.8, 4) is 74.7 Å². The number of ether oxygens (including phenoxy) is 15.